The molecule has 0 bridgehead atoms. The average Bonchev–Trinajstić information content (AvgIpc) is 3.08. The molecule has 0 unspecified atom stereocenters. The van der Waals surface area contributed by atoms with E-state index in [9.17, 15) is 4.79 Å². The molecule has 5 nitrogen and oxygen atoms in total. The molecule has 138 valence electrons. The number of esters is 1. The molecule has 0 spiro atoms. The van der Waals surface area contributed by atoms with Crippen molar-refractivity contribution in [3.63, 3.8) is 0 Å². The molecule has 1 aliphatic carbocycles. The fourth-order valence-corrected chi connectivity index (χ4v) is 3.64. The predicted molar refractivity (Wildman–Crippen MR) is 107 cm³/mol. The van der Waals surface area contributed by atoms with E-state index in [1.807, 2.05) is 56.0 Å². The van der Waals surface area contributed by atoms with Crippen molar-refractivity contribution in [2.75, 3.05) is 25.6 Å². The molecule has 0 saturated heterocycles. The predicted octanol–water partition coefficient (Wildman–Crippen LogP) is 3.88. The van der Waals surface area contributed by atoms with Gasteiger partial charge in [-0.25, -0.2) is 9.48 Å². The lowest BCUT2D eigenvalue weighted by Crippen LogP contribution is -2.13. The summed E-state index contributed by atoms with van der Waals surface area (Å²) in [6.45, 7) is 2.16. The number of para-hydroxylation sites is 1. The Morgan fingerprint density at radius 3 is 2.63 bits per heavy atom. The second-order valence-electron chi connectivity index (χ2n) is 6.88. The summed E-state index contributed by atoms with van der Waals surface area (Å²) in [7, 11) is 4.09. The second-order valence-corrected chi connectivity index (χ2v) is 6.88. The number of nitrogens with zero attached hydrogens (tertiary/aromatic N) is 3. The van der Waals surface area contributed by atoms with E-state index < -0.39 is 0 Å². The molecule has 2 aromatic carbocycles. The van der Waals surface area contributed by atoms with Gasteiger partial charge < -0.3 is 9.64 Å². The van der Waals surface area contributed by atoms with Crippen molar-refractivity contribution in [2.45, 2.75) is 19.8 Å². The van der Waals surface area contributed by atoms with Gasteiger partial charge in [0.1, 0.15) is 0 Å². The number of rotatable bonds is 4. The summed E-state index contributed by atoms with van der Waals surface area (Å²) in [4.78, 5) is 14.6. The number of hydrogen-bond donors (Lipinski definition) is 0. The van der Waals surface area contributed by atoms with Crippen LogP contribution in [0.15, 0.2) is 48.5 Å². The first kappa shape index (κ1) is 17.3. The molecule has 1 aliphatic rings. The molecular formula is C22H23N3O2. The van der Waals surface area contributed by atoms with E-state index in [1.165, 1.54) is 11.3 Å². The summed E-state index contributed by atoms with van der Waals surface area (Å²) in [5.41, 5.74) is 6.92. The Morgan fingerprint density at radius 2 is 1.93 bits per heavy atom. The summed E-state index contributed by atoms with van der Waals surface area (Å²) in [5.74, 6) is -0.350. The lowest BCUT2D eigenvalue weighted by Gasteiger charge is -2.21. The van der Waals surface area contributed by atoms with Crippen molar-refractivity contribution in [2.24, 2.45) is 0 Å². The Balaban J connectivity index is 1.93. The van der Waals surface area contributed by atoms with Gasteiger partial charge in [-0.05, 0) is 49.6 Å². The maximum Gasteiger partial charge on any atom is 0.359 e. The Morgan fingerprint density at radius 1 is 1.15 bits per heavy atom. The molecule has 0 amide bonds. The normalized spacial score (nSPS) is 12.3. The second kappa shape index (κ2) is 6.91. The number of benzene rings is 2. The van der Waals surface area contributed by atoms with Crippen LogP contribution in [0, 0.1) is 0 Å². The molecule has 0 aliphatic heterocycles. The highest BCUT2D eigenvalue weighted by molar-refractivity contribution is 5.92. The summed E-state index contributed by atoms with van der Waals surface area (Å²) in [6.07, 6.45) is 1.66. The molecule has 1 aromatic heterocycles. The van der Waals surface area contributed by atoms with Crippen LogP contribution in [-0.4, -0.2) is 36.5 Å². The quantitative estimate of drug-likeness (QED) is 0.662. The van der Waals surface area contributed by atoms with Crippen LogP contribution in [0.5, 0.6) is 0 Å². The van der Waals surface area contributed by atoms with E-state index in [0.717, 1.165) is 35.3 Å². The molecule has 0 saturated carbocycles. The van der Waals surface area contributed by atoms with Crippen molar-refractivity contribution in [3.05, 3.63) is 65.4 Å². The van der Waals surface area contributed by atoms with Crippen LogP contribution < -0.4 is 4.90 Å². The van der Waals surface area contributed by atoms with Crippen LogP contribution in [0.25, 0.3) is 16.9 Å². The van der Waals surface area contributed by atoms with Gasteiger partial charge in [0.05, 0.1) is 18.0 Å². The maximum atomic E-state index is 12.5. The molecule has 27 heavy (non-hydrogen) atoms. The molecular weight excluding hydrogens is 338 g/mol. The third kappa shape index (κ3) is 2.99. The molecule has 4 rings (SSSR count). The standard InChI is InChI=1S/C22H23N3O2/c1-4-27-22(26)20-19-12-10-15-14-17(24(2)3)11-13-18(15)21(19)25(23-20)16-8-6-5-7-9-16/h5-9,11,13-14H,4,10,12H2,1-3H3. The highest BCUT2D eigenvalue weighted by Gasteiger charge is 2.29. The number of aromatic nitrogens is 2. The zero-order valence-corrected chi connectivity index (χ0v) is 15.9. The van der Waals surface area contributed by atoms with Crippen LogP contribution >= 0.6 is 0 Å². The van der Waals surface area contributed by atoms with Crippen LogP contribution in [0.2, 0.25) is 0 Å². The summed E-state index contributed by atoms with van der Waals surface area (Å²) >= 11 is 0. The first-order valence-electron chi connectivity index (χ1n) is 9.25. The molecule has 1 heterocycles. The van der Waals surface area contributed by atoms with Crippen LogP contribution in [-0.2, 0) is 17.6 Å². The molecule has 0 N–H and O–H groups in total. The molecule has 5 heteroatoms. The van der Waals surface area contributed by atoms with Gasteiger partial charge in [-0.15, -0.1) is 0 Å². The highest BCUT2D eigenvalue weighted by Crippen LogP contribution is 2.38. The SMILES string of the molecule is CCOC(=O)c1nn(-c2ccccc2)c2c1CCc1cc(N(C)C)ccc1-2. The van der Waals surface area contributed by atoms with Crippen LogP contribution in [0.3, 0.4) is 0 Å². The summed E-state index contributed by atoms with van der Waals surface area (Å²) in [6, 6.07) is 16.4. The fourth-order valence-electron chi connectivity index (χ4n) is 3.64. The molecule has 0 atom stereocenters. The minimum atomic E-state index is -0.350. The van der Waals surface area contributed by atoms with Crippen molar-refractivity contribution in [1.82, 2.24) is 9.78 Å². The van der Waals surface area contributed by atoms with Crippen LogP contribution in [0.1, 0.15) is 28.5 Å². The monoisotopic (exact) mass is 361 g/mol. The largest absolute Gasteiger partial charge is 0.461 e. The van der Waals surface area contributed by atoms with Crippen molar-refractivity contribution in [3.8, 4) is 16.9 Å². The van der Waals surface area contributed by atoms with Gasteiger partial charge >= 0.3 is 5.97 Å². The number of fused-ring (bicyclic) bond motifs is 3. The van der Waals surface area contributed by atoms with Gasteiger partial charge in [0, 0.05) is 30.9 Å². The Hall–Kier alpha value is -3.08. The van der Waals surface area contributed by atoms with E-state index in [0.29, 0.717) is 12.3 Å². The molecule has 0 fully saturated rings. The maximum absolute atomic E-state index is 12.5. The number of aryl methyl sites for hydroxylation is 1. The number of ether oxygens (including phenoxy) is 1. The first-order chi connectivity index (χ1) is 13.1. The zero-order valence-electron chi connectivity index (χ0n) is 15.9. The van der Waals surface area contributed by atoms with Crippen LogP contribution in [0.4, 0.5) is 5.69 Å². The van der Waals surface area contributed by atoms with E-state index in [4.69, 9.17) is 4.74 Å². The van der Waals surface area contributed by atoms with Gasteiger partial charge in [-0.1, -0.05) is 24.3 Å². The topological polar surface area (TPSA) is 47.4 Å². The summed E-state index contributed by atoms with van der Waals surface area (Å²) < 4.78 is 7.14. The summed E-state index contributed by atoms with van der Waals surface area (Å²) in [5, 5.41) is 4.67. The van der Waals surface area contributed by atoms with E-state index in [-0.39, 0.29) is 5.97 Å². The number of carbonyl (C=O) groups is 1. The van der Waals surface area contributed by atoms with Gasteiger partial charge in [0.15, 0.2) is 5.69 Å². The minimum absolute atomic E-state index is 0.342. The Kier molecular flexibility index (Phi) is 4.44. The molecule has 0 radical (unpaired) electrons. The highest BCUT2D eigenvalue weighted by atomic mass is 16.5. The van der Waals surface area contributed by atoms with Gasteiger partial charge in [-0.3, -0.25) is 0 Å². The Labute approximate surface area is 159 Å². The first-order valence-corrected chi connectivity index (χ1v) is 9.25. The number of hydrogen-bond acceptors (Lipinski definition) is 4. The lowest BCUT2D eigenvalue weighted by atomic mass is 9.88. The molecule has 3 aromatic rings. The van der Waals surface area contributed by atoms with Gasteiger partial charge in [0.25, 0.3) is 0 Å². The lowest BCUT2D eigenvalue weighted by molar-refractivity contribution is 0.0517. The smallest absolute Gasteiger partial charge is 0.359 e. The van der Waals surface area contributed by atoms with Gasteiger partial charge in [-0.2, -0.15) is 5.10 Å². The minimum Gasteiger partial charge on any atom is -0.461 e. The third-order valence-corrected chi connectivity index (χ3v) is 4.96. The van der Waals surface area contributed by atoms with E-state index in [2.05, 4.69) is 28.2 Å². The van der Waals surface area contributed by atoms with Crippen molar-refractivity contribution < 1.29 is 9.53 Å². The third-order valence-electron chi connectivity index (χ3n) is 4.96. The Bertz CT molecular complexity index is 990. The van der Waals surface area contributed by atoms with Gasteiger partial charge in [0.2, 0.25) is 0 Å². The van der Waals surface area contributed by atoms with Crippen molar-refractivity contribution >= 4 is 11.7 Å². The van der Waals surface area contributed by atoms with E-state index >= 15 is 0 Å². The zero-order chi connectivity index (χ0) is 19.0. The van der Waals surface area contributed by atoms with E-state index in [1.54, 1.807) is 0 Å². The number of anilines is 1. The van der Waals surface area contributed by atoms with Crippen molar-refractivity contribution in [1.29, 1.82) is 0 Å². The average molecular weight is 361 g/mol. The number of carbonyl (C=O) groups excluding carboxylic acids is 1. The fraction of sp³-hybridized carbons (Fsp3) is 0.273.